The van der Waals surface area contributed by atoms with Gasteiger partial charge in [0.15, 0.2) is 0 Å². The lowest BCUT2D eigenvalue weighted by atomic mass is 9.87. The van der Waals surface area contributed by atoms with Crippen LogP contribution in [0, 0.1) is 11.8 Å². The molecule has 0 radical (unpaired) electrons. The fourth-order valence-electron chi connectivity index (χ4n) is 8.69. The number of nitrogens with one attached hydrogen (secondary N) is 4. The molecule has 4 amide bonds. The number of hydrogen-bond donors (Lipinski definition) is 4. The molecule has 16 nitrogen and oxygen atoms in total. The summed E-state index contributed by atoms with van der Waals surface area (Å²) >= 11 is 0. The molecule has 4 aromatic rings. The number of amides is 4. The lowest BCUT2D eigenvalue weighted by Crippen LogP contribution is -2.51. The van der Waals surface area contributed by atoms with Crippen molar-refractivity contribution < 1.29 is 38.1 Å². The van der Waals surface area contributed by atoms with Crippen molar-refractivity contribution in [1.82, 2.24) is 40.4 Å². The van der Waals surface area contributed by atoms with Crippen LogP contribution in [0.25, 0.3) is 33.6 Å². The first-order valence-corrected chi connectivity index (χ1v) is 20.0. The summed E-state index contributed by atoms with van der Waals surface area (Å²) in [6.45, 7) is 9.46. The summed E-state index contributed by atoms with van der Waals surface area (Å²) in [7, 11) is 2.57. The molecule has 4 N–H and O–H groups in total. The fraction of sp³-hybridized carbons (Fsp3) is 0.476. The normalized spacial score (nSPS) is 19.0. The molecule has 306 valence electrons. The largest absolute Gasteiger partial charge is 0.488 e. The number of alkyl carbamates (subject to hydrolysis) is 2. The second-order valence-corrected chi connectivity index (χ2v) is 16.1. The van der Waals surface area contributed by atoms with Crippen LogP contribution in [0.5, 0.6) is 11.5 Å². The van der Waals surface area contributed by atoms with E-state index in [0.717, 1.165) is 70.5 Å². The molecule has 2 aromatic carbocycles. The number of H-pyrrole nitrogens is 2. The van der Waals surface area contributed by atoms with E-state index in [0.29, 0.717) is 49.5 Å². The predicted molar refractivity (Wildman–Crippen MR) is 211 cm³/mol. The molecule has 0 saturated carbocycles. The quantitative estimate of drug-likeness (QED) is 0.148. The molecule has 4 aliphatic rings. The van der Waals surface area contributed by atoms with E-state index < -0.39 is 24.3 Å². The molecule has 0 aliphatic carbocycles. The third kappa shape index (κ3) is 7.08. The second kappa shape index (κ2) is 15.7. The average molecular weight is 795 g/mol. The van der Waals surface area contributed by atoms with E-state index in [1.54, 1.807) is 22.2 Å². The Hall–Kier alpha value is -6.06. The van der Waals surface area contributed by atoms with Crippen LogP contribution >= 0.6 is 0 Å². The van der Waals surface area contributed by atoms with Crippen LogP contribution < -0.4 is 20.1 Å². The maximum Gasteiger partial charge on any atom is 0.407 e. The van der Waals surface area contributed by atoms with Gasteiger partial charge < -0.3 is 49.3 Å². The Morgan fingerprint density at radius 1 is 0.690 bits per heavy atom. The molecule has 6 heterocycles. The molecule has 0 bridgehead atoms. The van der Waals surface area contributed by atoms with Gasteiger partial charge in [0, 0.05) is 29.8 Å². The summed E-state index contributed by atoms with van der Waals surface area (Å²) in [6, 6.07) is 6.31. The Kier molecular flexibility index (Phi) is 10.5. The predicted octanol–water partition coefficient (Wildman–Crippen LogP) is 6.01. The summed E-state index contributed by atoms with van der Waals surface area (Å²) in [6.07, 6.45) is 5.46. The summed E-state index contributed by atoms with van der Waals surface area (Å²) < 4.78 is 22.4. The zero-order valence-corrected chi connectivity index (χ0v) is 33.6. The molecule has 8 rings (SSSR count). The number of methoxy groups -OCH3 is 2. The zero-order valence-electron chi connectivity index (χ0n) is 33.6. The van der Waals surface area contributed by atoms with Crippen LogP contribution in [0.4, 0.5) is 9.59 Å². The number of imidazole rings is 2. The first-order chi connectivity index (χ1) is 27.9. The summed E-state index contributed by atoms with van der Waals surface area (Å²) in [5.41, 5.74) is 7.48. The van der Waals surface area contributed by atoms with Gasteiger partial charge in [0.25, 0.3) is 0 Å². The van der Waals surface area contributed by atoms with E-state index in [4.69, 9.17) is 28.9 Å². The number of carbonyl (C=O) groups excluding carboxylic acids is 4. The minimum Gasteiger partial charge on any atom is -0.488 e. The lowest BCUT2D eigenvalue weighted by molar-refractivity contribution is -0.136. The molecule has 16 heteroatoms. The van der Waals surface area contributed by atoms with Crippen molar-refractivity contribution in [2.75, 3.05) is 27.3 Å². The monoisotopic (exact) mass is 794 g/mol. The summed E-state index contributed by atoms with van der Waals surface area (Å²) in [4.78, 5) is 71.4. The third-order valence-corrected chi connectivity index (χ3v) is 11.7. The van der Waals surface area contributed by atoms with Crippen LogP contribution in [0.15, 0.2) is 36.7 Å². The highest BCUT2D eigenvalue weighted by Crippen LogP contribution is 2.51. The first kappa shape index (κ1) is 38.8. The second-order valence-electron chi connectivity index (χ2n) is 16.1. The third-order valence-electron chi connectivity index (χ3n) is 11.7. The molecule has 4 atom stereocenters. The van der Waals surface area contributed by atoms with Crippen molar-refractivity contribution in [2.45, 2.75) is 90.8 Å². The molecule has 2 fully saturated rings. The van der Waals surface area contributed by atoms with E-state index in [-0.39, 0.29) is 35.7 Å². The summed E-state index contributed by atoms with van der Waals surface area (Å²) in [5, 5.41) is 5.40. The van der Waals surface area contributed by atoms with Crippen molar-refractivity contribution >= 4 is 24.0 Å². The van der Waals surface area contributed by atoms with Crippen LogP contribution in [-0.2, 0) is 32.3 Å². The number of hydrogen-bond acceptors (Lipinski definition) is 10. The number of nitrogens with zero attached hydrogens (tertiary/aromatic N) is 4. The van der Waals surface area contributed by atoms with Crippen molar-refractivity contribution in [1.29, 1.82) is 0 Å². The van der Waals surface area contributed by atoms with Gasteiger partial charge in [0.05, 0.1) is 55.6 Å². The zero-order chi connectivity index (χ0) is 40.8. The topological polar surface area (TPSA) is 193 Å². The Morgan fingerprint density at radius 2 is 1.12 bits per heavy atom. The smallest absolute Gasteiger partial charge is 0.407 e. The number of likely N-dealkylation sites (tertiary alicyclic amines) is 2. The fourth-order valence-corrected chi connectivity index (χ4v) is 8.69. The van der Waals surface area contributed by atoms with E-state index in [1.165, 1.54) is 14.2 Å². The van der Waals surface area contributed by atoms with Crippen LogP contribution in [0.2, 0.25) is 0 Å². The molecular weight excluding hydrogens is 745 g/mol. The van der Waals surface area contributed by atoms with Gasteiger partial charge in [-0.15, -0.1) is 0 Å². The maximum atomic E-state index is 13.7. The Balaban J connectivity index is 1.01. The van der Waals surface area contributed by atoms with Crippen molar-refractivity contribution in [3.8, 4) is 45.1 Å². The van der Waals surface area contributed by atoms with Gasteiger partial charge in [-0.1, -0.05) is 27.7 Å². The maximum absolute atomic E-state index is 13.7. The van der Waals surface area contributed by atoms with E-state index >= 15 is 0 Å². The number of rotatable bonds is 10. The van der Waals surface area contributed by atoms with Gasteiger partial charge in [-0.3, -0.25) is 9.59 Å². The van der Waals surface area contributed by atoms with Gasteiger partial charge in [0.1, 0.15) is 48.4 Å². The van der Waals surface area contributed by atoms with Gasteiger partial charge in [0.2, 0.25) is 11.8 Å². The van der Waals surface area contributed by atoms with E-state index in [1.807, 2.05) is 39.8 Å². The highest BCUT2D eigenvalue weighted by atomic mass is 16.5. The molecule has 0 unspecified atom stereocenters. The van der Waals surface area contributed by atoms with Crippen LogP contribution in [-0.4, -0.2) is 93.1 Å². The van der Waals surface area contributed by atoms with Crippen LogP contribution in [0.1, 0.15) is 88.2 Å². The number of carbonyl (C=O) groups is 4. The van der Waals surface area contributed by atoms with Crippen molar-refractivity contribution in [2.24, 2.45) is 11.8 Å². The molecular formula is C42H50N8O8. The molecule has 2 aromatic heterocycles. The Bertz CT molecular complexity index is 2040. The molecule has 2 saturated heterocycles. The lowest BCUT2D eigenvalue weighted by Gasteiger charge is -2.30. The molecule has 4 aliphatic heterocycles. The van der Waals surface area contributed by atoms with Gasteiger partial charge in [-0.2, -0.15) is 0 Å². The molecule has 58 heavy (non-hydrogen) atoms. The van der Waals surface area contributed by atoms with Crippen LogP contribution in [0.3, 0.4) is 0 Å². The highest BCUT2D eigenvalue weighted by molar-refractivity contribution is 5.89. The van der Waals surface area contributed by atoms with Gasteiger partial charge in [-0.25, -0.2) is 19.6 Å². The molecule has 0 spiro atoms. The van der Waals surface area contributed by atoms with Gasteiger partial charge in [-0.05, 0) is 72.9 Å². The van der Waals surface area contributed by atoms with E-state index in [2.05, 4.69) is 32.7 Å². The minimum atomic E-state index is -0.715. The standard InChI is InChI=1S/C42H50N8O8/c1-21(2)35(47-41(53)55-5)39(51)49-11-7-9-29(49)37-43-17-27(45-37)23-13-25-19-57-31-15-24(16-32-34(31)33(25)26(14-23)20-58-32)28-18-44-38(46-28)30-10-8-12-50(30)40(52)36(22(3)4)48-42(54)56-6/h13-18,21-22,29-30,35-36H,7-12,19-20H2,1-6H3,(H,43,45)(H,44,46)(H,47,53)(H,48,54)/t29-,30-,35-,36-/m0/s1. The SMILES string of the molecule is COC(=O)N[C@H](C(=O)N1CCC[C@H]1c1ncc(-c2cc3c4c(c2)COc2cc(-c5cnc([C@@H]6CCCN6C(=O)[C@@H](NC(=O)OC)C(C)C)[nH]5)cc(c2-4)OC3)[nH]1)C(C)C. The Labute approximate surface area is 336 Å². The number of aromatic amines is 2. The average Bonchev–Trinajstić information content (AvgIpc) is 4.06. The van der Waals surface area contributed by atoms with Crippen molar-refractivity contribution in [3.63, 3.8) is 0 Å². The summed E-state index contributed by atoms with van der Waals surface area (Å²) in [5.74, 6) is 2.24. The van der Waals surface area contributed by atoms with Crippen molar-refractivity contribution in [3.05, 3.63) is 59.4 Å². The number of aromatic nitrogens is 4. The number of benzene rings is 2. The van der Waals surface area contributed by atoms with Gasteiger partial charge >= 0.3 is 12.2 Å². The highest BCUT2D eigenvalue weighted by Gasteiger charge is 2.39. The Morgan fingerprint density at radius 3 is 1.53 bits per heavy atom. The number of ether oxygens (including phenoxy) is 4. The first-order valence-electron chi connectivity index (χ1n) is 20.0. The minimum absolute atomic E-state index is 0.123. The van der Waals surface area contributed by atoms with E-state index in [9.17, 15) is 19.2 Å².